The van der Waals surface area contributed by atoms with E-state index in [0.717, 1.165) is 28.5 Å². The van der Waals surface area contributed by atoms with Gasteiger partial charge < -0.3 is 5.32 Å². The Morgan fingerprint density at radius 3 is 2.91 bits per heavy atom. The van der Waals surface area contributed by atoms with Crippen LogP contribution in [0.1, 0.15) is 23.7 Å². The molecule has 2 atom stereocenters. The van der Waals surface area contributed by atoms with Crippen molar-refractivity contribution in [2.45, 2.75) is 18.9 Å². The van der Waals surface area contributed by atoms with Crippen molar-refractivity contribution in [1.82, 2.24) is 19.9 Å². The Hall–Kier alpha value is -2.40. The summed E-state index contributed by atoms with van der Waals surface area (Å²) in [5.41, 5.74) is 1.83. The van der Waals surface area contributed by atoms with Gasteiger partial charge in [0, 0.05) is 17.1 Å². The minimum atomic E-state index is -0.00548. The number of benzene rings is 1. The Morgan fingerprint density at radius 2 is 2.04 bits per heavy atom. The van der Waals surface area contributed by atoms with E-state index in [1.807, 2.05) is 53.1 Å². The van der Waals surface area contributed by atoms with Crippen LogP contribution >= 0.6 is 11.6 Å². The minimum Gasteiger partial charge on any atom is -0.349 e. The topological polar surface area (TPSA) is 59.3 Å². The summed E-state index contributed by atoms with van der Waals surface area (Å²) in [7, 11) is 0. The monoisotopic (exact) mass is 326 g/mol. The number of aromatic nitrogens is 3. The molecule has 6 heteroatoms. The summed E-state index contributed by atoms with van der Waals surface area (Å²) in [6.45, 7) is 0.371. The van der Waals surface area contributed by atoms with Gasteiger partial charge in [-0.1, -0.05) is 35.9 Å². The van der Waals surface area contributed by atoms with Crippen LogP contribution in [0.5, 0.6) is 0 Å². The van der Waals surface area contributed by atoms with Crippen LogP contribution in [0.15, 0.2) is 48.7 Å². The molecule has 1 fully saturated rings. The quantitative estimate of drug-likeness (QED) is 0.802. The number of hydrogen-bond acceptors (Lipinski definition) is 3. The number of rotatable bonds is 4. The molecule has 1 N–H and O–H groups in total. The van der Waals surface area contributed by atoms with Crippen LogP contribution in [0.2, 0.25) is 5.02 Å². The number of carbonyl (C=O) groups excluding carboxylic acids is 1. The smallest absolute Gasteiger partial charge is 0.224 e. The van der Waals surface area contributed by atoms with Crippen LogP contribution in [0.3, 0.4) is 0 Å². The molecule has 1 saturated carbocycles. The highest BCUT2D eigenvalue weighted by molar-refractivity contribution is 6.31. The molecule has 116 valence electrons. The Morgan fingerprint density at radius 1 is 1.22 bits per heavy atom. The van der Waals surface area contributed by atoms with Crippen LogP contribution in [0, 0.1) is 5.92 Å². The van der Waals surface area contributed by atoms with Crippen molar-refractivity contribution in [2.75, 3.05) is 0 Å². The predicted octanol–water partition coefficient (Wildman–Crippen LogP) is 2.80. The molecule has 1 aromatic carbocycles. The minimum absolute atomic E-state index is 0.00548. The van der Waals surface area contributed by atoms with Crippen LogP contribution in [0.4, 0.5) is 0 Å². The zero-order valence-corrected chi connectivity index (χ0v) is 13.1. The molecule has 2 aromatic heterocycles. The molecule has 0 aliphatic heterocycles. The van der Waals surface area contributed by atoms with E-state index in [4.69, 9.17) is 11.6 Å². The van der Waals surface area contributed by atoms with E-state index in [1.54, 1.807) is 0 Å². The highest BCUT2D eigenvalue weighted by atomic mass is 35.5. The first kappa shape index (κ1) is 14.2. The van der Waals surface area contributed by atoms with Gasteiger partial charge in [0.25, 0.3) is 0 Å². The lowest BCUT2D eigenvalue weighted by Crippen LogP contribution is -2.26. The number of pyridine rings is 1. The molecule has 4 rings (SSSR count). The summed E-state index contributed by atoms with van der Waals surface area (Å²) in [4.78, 5) is 12.3. The molecule has 23 heavy (non-hydrogen) atoms. The highest BCUT2D eigenvalue weighted by Gasteiger charge is 2.44. The maximum Gasteiger partial charge on any atom is 0.224 e. The van der Waals surface area contributed by atoms with Crippen molar-refractivity contribution < 1.29 is 4.79 Å². The van der Waals surface area contributed by atoms with Gasteiger partial charge in [0.05, 0.1) is 6.54 Å². The third-order valence-corrected chi connectivity index (χ3v) is 4.58. The predicted molar refractivity (Wildman–Crippen MR) is 87.1 cm³/mol. The fraction of sp³-hybridized carbons (Fsp3) is 0.235. The second kappa shape index (κ2) is 5.66. The molecule has 2 unspecified atom stereocenters. The number of amides is 1. The molecule has 0 bridgehead atoms. The summed E-state index contributed by atoms with van der Waals surface area (Å²) < 4.78 is 1.87. The number of halogens is 1. The maximum absolute atomic E-state index is 12.3. The zero-order chi connectivity index (χ0) is 15.8. The van der Waals surface area contributed by atoms with Gasteiger partial charge in [0.1, 0.15) is 0 Å². The lowest BCUT2D eigenvalue weighted by atomic mass is 10.1. The third-order valence-electron chi connectivity index (χ3n) is 4.24. The third kappa shape index (κ3) is 2.68. The second-order valence-electron chi connectivity index (χ2n) is 5.73. The van der Waals surface area contributed by atoms with E-state index >= 15 is 0 Å². The van der Waals surface area contributed by atoms with Gasteiger partial charge in [-0.3, -0.25) is 9.20 Å². The molecule has 2 heterocycles. The lowest BCUT2D eigenvalue weighted by molar-refractivity contribution is -0.122. The number of nitrogens with zero attached hydrogens (tertiary/aromatic N) is 3. The van der Waals surface area contributed by atoms with Crippen molar-refractivity contribution in [3.63, 3.8) is 0 Å². The summed E-state index contributed by atoms with van der Waals surface area (Å²) >= 11 is 6.20. The van der Waals surface area contributed by atoms with Crippen molar-refractivity contribution in [3.05, 3.63) is 65.1 Å². The van der Waals surface area contributed by atoms with Crippen LogP contribution in [-0.2, 0) is 11.3 Å². The Labute approximate surface area is 138 Å². The largest absolute Gasteiger partial charge is 0.349 e. The Kier molecular flexibility index (Phi) is 3.50. The van der Waals surface area contributed by atoms with E-state index in [0.29, 0.717) is 6.54 Å². The van der Waals surface area contributed by atoms with Gasteiger partial charge in [0.15, 0.2) is 11.5 Å². The molecule has 5 nitrogen and oxygen atoms in total. The molecule has 1 aliphatic rings. The van der Waals surface area contributed by atoms with E-state index in [9.17, 15) is 4.79 Å². The molecule has 1 amide bonds. The summed E-state index contributed by atoms with van der Waals surface area (Å²) in [6, 6.07) is 13.4. The number of carbonyl (C=O) groups is 1. The fourth-order valence-corrected chi connectivity index (χ4v) is 3.19. The Balaban J connectivity index is 1.41. The normalized spacial score (nSPS) is 19.7. The average Bonchev–Trinajstić information content (AvgIpc) is 3.26. The van der Waals surface area contributed by atoms with E-state index in [-0.39, 0.29) is 17.7 Å². The van der Waals surface area contributed by atoms with Gasteiger partial charge in [-0.2, -0.15) is 0 Å². The van der Waals surface area contributed by atoms with Crippen molar-refractivity contribution in [1.29, 1.82) is 0 Å². The van der Waals surface area contributed by atoms with Crippen LogP contribution in [-0.4, -0.2) is 20.5 Å². The first-order valence-corrected chi connectivity index (χ1v) is 7.92. The molecule has 0 spiro atoms. The first-order chi connectivity index (χ1) is 11.2. The molecular formula is C17H15ClN4O. The SMILES string of the molecule is O=C(NCc1nnc2ccccn12)C1CC1c1ccccc1Cl. The molecule has 0 radical (unpaired) electrons. The molecule has 1 aliphatic carbocycles. The number of hydrogen-bond donors (Lipinski definition) is 1. The first-order valence-electron chi connectivity index (χ1n) is 7.55. The number of nitrogens with one attached hydrogen (secondary N) is 1. The highest BCUT2D eigenvalue weighted by Crippen LogP contribution is 2.49. The molecule has 3 aromatic rings. The van der Waals surface area contributed by atoms with Gasteiger partial charge in [-0.15, -0.1) is 10.2 Å². The van der Waals surface area contributed by atoms with Crippen molar-refractivity contribution in [3.8, 4) is 0 Å². The van der Waals surface area contributed by atoms with Crippen LogP contribution in [0.25, 0.3) is 5.65 Å². The summed E-state index contributed by atoms with van der Waals surface area (Å²) in [5, 5.41) is 11.9. The van der Waals surface area contributed by atoms with Gasteiger partial charge >= 0.3 is 0 Å². The molecular weight excluding hydrogens is 312 g/mol. The number of fused-ring (bicyclic) bond motifs is 1. The van der Waals surface area contributed by atoms with E-state index in [1.165, 1.54) is 0 Å². The van der Waals surface area contributed by atoms with E-state index < -0.39 is 0 Å². The molecule has 0 saturated heterocycles. The standard InChI is InChI=1S/C17H15ClN4O/c18-14-6-2-1-5-11(14)12-9-13(12)17(23)19-10-16-21-20-15-7-3-4-8-22(15)16/h1-8,12-13H,9-10H2,(H,19,23). The maximum atomic E-state index is 12.3. The second-order valence-corrected chi connectivity index (χ2v) is 6.14. The summed E-state index contributed by atoms with van der Waals surface area (Å²) in [5.74, 6) is 0.986. The summed E-state index contributed by atoms with van der Waals surface area (Å²) in [6.07, 6.45) is 2.73. The van der Waals surface area contributed by atoms with Crippen molar-refractivity contribution >= 4 is 23.2 Å². The van der Waals surface area contributed by atoms with Crippen molar-refractivity contribution in [2.24, 2.45) is 5.92 Å². The average molecular weight is 327 g/mol. The zero-order valence-electron chi connectivity index (χ0n) is 12.3. The lowest BCUT2D eigenvalue weighted by Gasteiger charge is -2.05. The van der Waals surface area contributed by atoms with Gasteiger partial charge in [-0.05, 0) is 36.1 Å². The van der Waals surface area contributed by atoms with E-state index in [2.05, 4.69) is 15.5 Å². The Bertz CT molecular complexity index is 876. The fourth-order valence-electron chi connectivity index (χ4n) is 2.91. The van der Waals surface area contributed by atoms with Crippen LogP contribution < -0.4 is 5.32 Å². The van der Waals surface area contributed by atoms with Gasteiger partial charge in [-0.25, -0.2) is 0 Å². The van der Waals surface area contributed by atoms with Gasteiger partial charge in [0.2, 0.25) is 5.91 Å².